The highest BCUT2D eigenvalue weighted by atomic mass is 35.5. The molecule has 8 heavy (non-hydrogen) atoms. The van der Waals surface area contributed by atoms with Gasteiger partial charge >= 0.3 is 0 Å². The van der Waals surface area contributed by atoms with Gasteiger partial charge in [-0.15, -0.1) is 0 Å². The van der Waals surface area contributed by atoms with Gasteiger partial charge in [-0.1, -0.05) is 35.4 Å². The number of halogens is 2. The molecule has 0 nitrogen and oxygen atoms in total. The second kappa shape index (κ2) is 2.56. The lowest BCUT2D eigenvalue weighted by atomic mass is 10.2. The first kappa shape index (κ1) is 6.18. The van der Waals surface area contributed by atoms with Crippen molar-refractivity contribution in [3.8, 4) is 0 Å². The Labute approximate surface area is 58.8 Å². The third-order valence-corrected chi connectivity index (χ3v) is 1.70. The van der Waals surface area contributed by atoms with E-state index < -0.39 is 0 Å². The van der Waals surface area contributed by atoms with Crippen LogP contribution in [0.1, 0.15) is 12.8 Å². The molecule has 2 heteroatoms. The molecule has 0 heterocycles. The smallest absolute Gasteiger partial charge is 0.0840 e. The molecule has 44 valence electrons. The van der Waals surface area contributed by atoms with E-state index in [1.165, 1.54) is 0 Å². The maximum atomic E-state index is 5.49. The van der Waals surface area contributed by atoms with Gasteiger partial charge in [0.2, 0.25) is 0 Å². The van der Waals surface area contributed by atoms with Crippen molar-refractivity contribution in [1.29, 1.82) is 0 Å². The van der Waals surface area contributed by atoms with Crippen molar-refractivity contribution in [2.24, 2.45) is 0 Å². The Morgan fingerprint density at radius 3 is 2.00 bits per heavy atom. The summed E-state index contributed by atoms with van der Waals surface area (Å²) in [7, 11) is 0. The topological polar surface area (TPSA) is 0 Å². The fraction of sp³-hybridized carbons (Fsp3) is 0.333. The third kappa shape index (κ3) is 1.27. The molecule has 0 aliphatic heterocycles. The summed E-state index contributed by atoms with van der Waals surface area (Å²) in [6.45, 7) is 0. The largest absolute Gasteiger partial charge is 0.106 e. The molecule has 0 saturated carbocycles. The van der Waals surface area contributed by atoms with E-state index in [1.54, 1.807) is 0 Å². The number of rotatable bonds is 0. The molecule has 1 rings (SSSR count). The molecule has 0 saturated heterocycles. The van der Waals surface area contributed by atoms with E-state index >= 15 is 0 Å². The zero-order valence-electron chi connectivity index (χ0n) is 4.32. The minimum Gasteiger partial charge on any atom is -0.0840 e. The van der Waals surface area contributed by atoms with Crippen LogP contribution in [-0.2, 0) is 0 Å². The van der Waals surface area contributed by atoms with Gasteiger partial charge in [0.05, 0.1) is 0 Å². The van der Waals surface area contributed by atoms with Gasteiger partial charge in [-0.2, -0.15) is 0 Å². The standard InChI is InChI=1S/C6H6Cl2/c7-6(8)5-3-1-2-4-5/h1-2H,3-4H2. The number of hydrogen-bond donors (Lipinski definition) is 0. The summed E-state index contributed by atoms with van der Waals surface area (Å²) in [5.74, 6) is 0. The molecule has 1 aliphatic rings. The van der Waals surface area contributed by atoms with Gasteiger partial charge in [-0.3, -0.25) is 0 Å². The highest BCUT2D eigenvalue weighted by molar-refractivity contribution is 6.56. The normalized spacial score (nSPS) is 17.5. The Bertz CT molecular complexity index is 131. The molecule has 0 spiro atoms. The van der Waals surface area contributed by atoms with Crippen LogP contribution in [0.2, 0.25) is 0 Å². The average molecular weight is 149 g/mol. The predicted molar refractivity (Wildman–Crippen MR) is 37.1 cm³/mol. The molecule has 0 aromatic heterocycles. The molecule has 0 bridgehead atoms. The summed E-state index contributed by atoms with van der Waals surface area (Å²) in [4.78, 5) is 0. The molecule has 0 aromatic rings. The molecular formula is C6H6Cl2. The summed E-state index contributed by atoms with van der Waals surface area (Å²) >= 11 is 11.0. The van der Waals surface area contributed by atoms with Gasteiger partial charge in [0.15, 0.2) is 0 Å². The van der Waals surface area contributed by atoms with E-state index in [-0.39, 0.29) is 0 Å². The molecule has 0 N–H and O–H groups in total. The Hall–Kier alpha value is 0.0600. The van der Waals surface area contributed by atoms with E-state index in [0.29, 0.717) is 4.49 Å². The molecular weight excluding hydrogens is 143 g/mol. The van der Waals surface area contributed by atoms with Gasteiger partial charge in [-0.05, 0) is 18.4 Å². The van der Waals surface area contributed by atoms with Crippen molar-refractivity contribution < 1.29 is 0 Å². The lowest BCUT2D eigenvalue weighted by Gasteiger charge is -1.91. The van der Waals surface area contributed by atoms with E-state index in [1.807, 2.05) is 0 Å². The van der Waals surface area contributed by atoms with Crippen LogP contribution in [0.25, 0.3) is 0 Å². The van der Waals surface area contributed by atoms with Gasteiger partial charge in [-0.25, -0.2) is 0 Å². The molecule has 0 fully saturated rings. The van der Waals surface area contributed by atoms with Gasteiger partial charge in [0.1, 0.15) is 4.49 Å². The third-order valence-electron chi connectivity index (χ3n) is 1.16. The van der Waals surface area contributed by atoms with Crippen LogP contribution >= 0.6 is 23.2 Å². The van der Waals surface area contributed by atoms with Crippen molar-refractivity contribution in [3.63, 3.8) is 0 Å². The van der Waals surface area contributed by atoms with Crippen LogP contribution in [0.15, 0.2) is 22.2 Å². The Balaban J connectivity index is 2.64. The predicted octanol–water partition coefficient (Wildman–Crippen LogP) is 3.03. The van der Waals surface area contributed by atoms with Crippen molar-refractivity contribution in [3.05, 3.63) is 22.2 Å². The molecule has 0 unspecified atom stereocenters. The quantitative estimate of drug-likeness (QED) is 0.464. The van der Waals surface area contributed by atoms with Crippen LogP contribution in [0, 0.1) is 0 Å². The molecule has 1 aliphatic carbocycles. The first-order chi connectivity index (χ1) is 3.80. The monoisotopic (exact) mass is 148 g/mol. The van der Waals surface area contributed by atoms with Crippen molar-refractivity contribution in [2.75, 3.05) is 0 Å². The van der Waals surface area contributed by atoms with Crippen LogP contribution in [0.3, 0.4) is 0 Å². The Morgan fingerprint density at radius 2 is 1.75 bits per heavy atom. The highest BCUT2D eigenvalue weighted by Gasteiger charge is 2.02. The lowest BCUT2D eigenvalue weighted by Crippen LogP contribution is -1.70. The summed E-state index contributed by atoms with van der Waals surface area (Å²) in [5, 5.41) is 0. The van der Waals surface area contributed by atoms with Crippen molar-refractivity contribution in [2.45, 2.75) is 12.8 Å². The zero-order valence-corrected chi connectivity index (χ0v) is 5.84. The summed E-state index contributed by atoms with van der Waals surface area (Å²) in [5.41, 5.74) is 1.13. The first-order valence-electron chi connectivity index (χ1n) is 2.48. The maximum absolute atomic E-state index is 5.49. The van der Waals surface area contributed by atoms with E-state index in [9.17, 15) is 0 Å². The number of allylic oxidation sites excluding steroid dienone is 3. The first-order valence-corrected chi connectivity index (χ1v) is 3.24. The van der Waals surface area contributed by atoms with E-state index in [0.717, 1.165) is 18.4 Å². The maximum Gasteiger partial charge on any atom is 0.106 e. The highest BCUT2D eigenvalue weighted by Crippen LogP contribution is 2.25. The van der Waals surface area contributed by atoms with E-state index in [2.05, 4.69) is 12.2 Å². The minimum absolute atomic E-state index is 0.440. The summed E-state index contributed by atoms with van der Waals surface area (Å²) in [6, 6.07) is 0. The van der Waals surface area contributed by atoms with Gasteiger partial charge < -0.3 is 0 Å². The second-order valence-corrected chi connectivity index (χ2v) is 2.69. The Morgan fingerprint density at radius 1 is 1.25 bits per heavy atom. The molecule has 0 atom stereocenters. The fourth-order valence-electron chi connectivity index (χ4n) is 0.689. The number of hydrogen-bond acceptors (Lipinski definition) is 0. The summed E-state index contributed by atoms with van der Waals surface area (Å²) < 4.78 is 0.440. The average Bonchev–Trinajstić information content (AvgIpc) is 2.12. The molecule has 0 radical (unpaired) electrons. The Kier molecular flexibility index (Phi) is 1.98. The second-order valence-electron chi connectivity index (χ2n) is 1.74. The molecule has 0 aromatic carbocycles. The minimum atomic E-state index is 0.440. The van der Waals surface area contributed by atoms with Crippen molar-refractivity contribution >= 4 is 23.2 Å². The summed E-state index contributed by atoms with van der Waals surface area (Å²) in [6.07, 6.45) is 6.00. The van der Waals surface area contributed by atoms with Crippen LogP contribution in [0.5, 0.6) is 0 Å². The molecule has 0 amide bonds. The zero-order chi connectivity index (χ0) is 5.98. The van der Waals surface area contributed by atoms with Gasteiger partial charge in [0, 0.05) is 0 Å². The van der Waals surface area contributed by atoms with E-state index in [4.69, 9.17) is 23.2 Å². The fourth-order valence-corrected chi connectivity index (χ4v) is 0.997. The van der Waals surface area contributed by atoms with Crippen LogP contribution in [0.4, 0.5) is 0 Å². The van der Waals surface area contributed by atoms with Crippen LogP contribution < -0.4 is 0 Å². The lowest BCUT2D eigenvalue weighted by molar-refractivity contribution is 1.20. The van der Waals surface area contributed by atoms with Gasteiger partial charge in [0.25, 0.3) is 0 Å². The SMILES string of the molecule is ClC(Cl)=C1CC=CC1. The van der Waals surface area contributed by atoms with Crippen LogP contribution in [-0.4, -0.2) is 0 Å². The van der Waals surface area contributed by atoms with Crippen molar-refractivity contribution in [1.82, 2.24) is 0 Å².